The average Bonchev–Trinajstić information content (AvgIpc) is 2.28. The Kier molecular flexibility index (Phi) is 4.28. The summed E-state index contributed by atoms with van der Waals surface area (Å²) in [5.41, 5.74) is 6.40. The van der Waals surface area contributed by atoms with Crippen LogP contribution in [0.1, 0.15) is 5.56 Å². The van der Waals surface area contributed by atoms with Crippen molar-refractivity contribution in [3.05, 3.63) is 41.8 Å². The monoisotopic (exact) mass is 254 g/mol. The van der Waals surface area contributed by atoms with E-state index in [0.717, 1.165) is 11.0 Å². The summed E-state index contributed by atoms with van der Waals surface area (Å²) in [5.74, 6) is 0.0269. The molecule has 0 aliphatic heterocycles. The number of hydrogen-bond donors (Lipinski definition) is 2. The predicted octanol–water partition coefficient (Wildman–Crippen LogP) is 1.28. The number of urea groups is 1. The Bertz CT molecular complexity index is 506. The van der Waals surface area contributed by atoms with Crippen LogP contribution in [0.2, 0.25) is 0 Å². The summed E-state index contributed by atoms with van der Waals surface area (Å²) >= 11 is 0. The van der Waals surface area contributed by atoms with Crippen molar-refractivity contribution < 1.29 is 13.2 Å². The lowest BCUT2D eigenvalue weighted by Crippen LogP contribution is -2.19. The lowest BCUT2D eigenvalue weighted by atomic mass is 10.1. The van der Waals surface area contributed by atoms with Crippen molar-refractivity contribution in [1.29, 1.82) is 0 Å². The summed E-state index contributed by atoms with van der Waals surface area (Å²) in [4.78, 5) is 10.6. The zero-order chi connectivity index (χ0) is 12.9. The molecule has 0 atom stereocenters. The Hall–Kier alpha value is -1.82. The SMILES string of the molecule is C=CS(=O)(=O)CCc1ccc(NC(N)=O)cc1. The zero-order valence-electron chi connectivity index (χ0n) is 9.22. The molecule has 2 amide bonds. The van der Waals surface area contributed by atoms with Gasteiger partial charge in [-0.15, -0.1) is 0 Å². The van der Waals surface area contributed by atoms with Crippen LogP contribution in [0.4, 0.5) is 10.5 Å². The molecule has 0 spiro atoms. The summed E-state index contributed by atoms with van der Waals surface area (Å²) in [5, 5.41) is 3.37. The van der Waals surface area contributed by atoms with Gasteiger partial charge in [-0.25, -0.2) is 13.2 Å². The van der Waals surface area contributed by atoms with E-state index in [-0.39, 0.29) is 5.75 Å². The highest BCUT2D eigenvalue weighted by Gasteiger charge is 2.05. The van der Waals surface area contributed by atoms with Crippen LogP contribution in [0.5, 0.6) is 0 Å². The van der Waals surface area contributed by atoms with Crippen molar-refractivity contribution in [2.45, 2.75) is 6.42 Å². The van der Waals surface area contributed by atoms with E-state index in [1.807, 2.05) is 0 Å². The van der Waals surface area contributed by atoms with Crippen LogP contribution >= 0.6 is 0 Å². The number of benzene rings is 1. The molecule has 1 aromatic carbocycles. The molecule has 0 saturated carbocycles. The van der Waals surface area contributed by atoms with Gasteiger partial charge in [0.15, 0.2) is 9.84 Å². The molecular weight excluding hydrogens is 240 g/mol. The second kappa shape index (κ2) is 5.49. The average molecular weight is 254 g/mol. The van der Waals surface area contributed by atoms with Gasteiger partial charge in [-0.1, -0.05) is 18.7 Å². The molecule has 0 radical (unpaired) electrons. The molecular formula is C11H14N2O3S. The Morgan fingerprint density at radius 3 is 2.41 bits per heavy atom. The van der Waals surface area contributed by atoms with Gasteiger partial charge in [0.05, 0.1) is 5.75 Å². The highest BCUT2D eigenvalue weighted by atomic mass is 32.2. The van der Waals surface area contributed by atoms with Crippen molar-refractivity contribution in [3.8, 4) is 0 Å². The molecule has 0 heterocycles. The van der Waals surface area contributed by atoms with E-state index in [1.54, 1.807) is 24.3 Å². The van der Waals surface area contributed by atoms with Gasteiger partial charge in [0, 0.05) is 11.1 Å². The fourth-order valence-corrected chi connectivity index (χ4v) is 1.93. The third-order valence-corrected chi connectivity index (χ3v) is 3.43. The van der Waals surface area contributed by atoms with Gasteiger partial charge in [-0.3, -0.25) is 0 Å². The molecule has 1 aromatic rings. The molecule has 0 fully saturated rings. The maximum Gasteiger partial charge on any atom is 0.316 e. The lowest BCUT2D eigenvalue weighted by Gasteiger charge is -2.04. The summed E-state index contributed by atoms with van der Waals surface area (Å²) < 4.78 is 22.4. The highest BCUT2D eigenvalue weighted by Crippen LogP contribution is 2.10. The lowest BCUT2D eigenvalue weighted by molar-refractivity contribution is 0.259. The third kappa shape index (κ3) is 4.69. The molecule has 6 heteroatoms. The number of nitrogens with one attached hydrogen (secondary N) is 1. The smallest absolute Gasteiger partial charge is 0.316 e. The quantitative estimate of drug-likeness (QED) is 0.829. The first-order valence-corrected chi connectivity index (χ1v) is 6.65. The number of aryl methyl sites for hydroxylation is 1. The number of sulfone groups is 1. The Labute approximate surface area is 100 Å². The molecule has 0 aromatic heterocycles. The van der Waals surface area contributed by atoms with Crippen LogP contribution in [-0.4, -0.2) is 20.2 Å². The van der Waals surface area contributed by atoms with E-state index >= 15 is 0 Å². The maximum absolute atomic E-state index is 11.2. The maximum atomic E-state index is 11.2. The Balaban J connectivity index is 2.63. The van der Waals surface area contributed by atoms with Crippen LogP contribution in [0.25, 0.3) is 0 Å². The number of amides is 2. The minimum Gasteiger partial charge on any atom is -0.351 e. The number of nitrogens with two attached hydrogens (primary N) is 1. The van der Waals surface area contributed by atoms with E-state index in [1.165, 1.54) is 0 Å². The minimum atomic E-state index is -3.17. The number of carbonyl (C=O) groups is 1. The molecule has 0 aliphatic rings. The van der Waals surface area contributed by atoms with Gasteiger partial charge >= 0.3 is 6.03 Å². The third-order valence-electron chi connectivity index (χ3n) is 2.15. The molecule has 0 bridgehead atoms. The van der Waals surface area contributed by atoms with Crippen molar-refractivity contribution >= 4 is 21.6 Å². The molecule has 3 N–H and O–H groups in total. The number of hydrogen-bond acceptors (Lipinski definition) is 3. The van der Waals surface area contributed by atoms with Gasteiger partial charge in [0.25, 0.3) is 0 Å². The summed E-state index contributed by atoms with van der Waals surface area (Å²) in [6, 6.07) is 6.18. The summed E-state index contributed by atoms with van der Waals surface area (Å²) in [6.45, 7) is 3.24. The second-order valence-corrected chi connectivity index (χ2v) is 5.54. The van der Waals surface area contributed by atoms with Crippen molar-refractivity contribution in [1.82, 2.24) is 0 Å². The molecule has 0 aliphatic carbocycles. The van der Waals surface area contributed by atoms with E-state index < -0.39 is 15.9 Å². The van der Waals surface area contributed by atoms with E-state index in [9.17, 15) is 13.2 Å². The fourth-order valence-electron chi connectivity index (χ4n) is 1.24. The molecule has 92 valence electrons. The topological polar surface area (TPSA) is 89.3 Å². The van der Waals surface area contributed by atoms with Gasteiger partial charge in [0.2, 0.25) is 0 Å². The second-order valence-electron chi connectivity index (χ2n) is 3.47. The molecule has 5 nitrogen and oxygen atoms in total. The van der Waals surface area contributed by atoms with Crippen LogP contribution in [-0.2, 0) is 16.3 Å². The van der Waals surface area contributed by atoms with Gasteiger partial charge < -0.3 is 11.1 Å². The number of carbonyl (C=O) groups excluding carboxylic acids is 1. The normalized spacial score (nSPS) is 10.8. The standard InChI is InChI=1S/C11H14N2O3S/c1-2-17(15,16)8-7-9-3-5-10(6-4-9)13-11(12)14/h2-6H,1,7-8H2,(H3,12,13,14). The van der Waals surface area contributed by atoms with E-state index in [2.05, 4.69) is 11.9 Å². The first kappa shape index (κ1) is 13.2. The number of anilines is 1. The van der Waals surface area contributed by atoms with E-state index in [0.29, 0.717) is 12.1 Å². The van der Waals surface area contributed by atoms with Gasteiger partial charge in [0.1, 0.15) is 0 Å². The largest absolute Gasteiger partial charge is 0.351 e. The first-order valence-electron chi connectivity index (χ1n) is 4.93. The molecule has 0 saturated heterocycles. The Morgan fingerprint density at radius 1 is 1.35 bits per heavy atom. The molecule has 17 heavy (non-hydrogen) atoms. The van der Waals surface area contributed by atoms with Crippen LogP contribution in [0.3, 0.4) is 0 Å². The van der Waals surface area contributed by atoms with Gasteiger partial charge in [-0.2, -0.15) is 0 Å². The van der Waals surface area contributed by atoms with Crippen molar-refractivity contribution in [3.63, 3.8) is 0 Å². The van der Waals surface area contributed by atoms with Crippen LogP contribution in [0.15, 0.2) is 36.3 Å². The molecule has 0 unspecified atom stereocenters. The van der Waals surface area contributed by atoms with Crippen molar-refractivity contribution in [2.75, 3.05) is 11.1 Å². The predicted molar refractivity (Wildman–Crippen MR) is 67.3 cm³/mol. The zero-order valence-corrected chi connectivity index (χ0v) is 10.0. The van der Waals surface area contributed by atoms with Crippen LogP contribution < -0.4 is 11.1 Å². The Morgan fingerprint density at radius 2 is 1.94 bits per heavy atom. The summed E-state index contributed by atoms with van der Waals surface area (Å²) in [6.07, 6.45) is 0.408. The van der Waals surface area contributed by atoms with Crippen molar-refractivity contribution in [2.24, 2.45) is 5.73 Å². The van der Waals surface area contributed by atoms with Gasteiger partial charge in [-0.05, 0) is 24.1 Å². The number of primary amides is 1. The van der Waals surface area contributed by atoms with Crippen LogP contribution in [0, 0.1) is 0 Å². The van der Waals surface area contributed by atoms with E-state index in [4.69, 9.17) is 5.73 Å². The highest BCUT2D eigenvalue weighted by molar-refractivity contribution is 7.94. The number of rotatable bonds is 5. The summed E-state index contributed by atoms with van der Waals surface area (Å²) in [7, 11) is -3.17. The fraction of sp³-hybridized carbons (Fsp3) is 0.182. The molecule has 1 rings (SSSR count). The minimum absolute atomic E-state index is 0.0269. The first-order chi connectivity index (χ1) is 7.93.